The zero-order chi connectivity index (χ0) is 19.7. The molecule has 7 nitrogen and oxygen atoms in total. The van der Waals surface area contributed by atoms with E-state index in [9.17, 15) is 14.4 Å². The molecule has 2 heterocycles. The molecule has 4 rings (SSSR count). The van der Waals surface area contributed by atoms with Crippen molar-refractivity contribution >= 4 is 29.4 Å². The van der Waals surface area contributed by atoms with E-state index in [-0.39, 0.29) is 17.7 Å². The van der Waals surface area contributed by atoms with E-state index in [4.69, 9.17) is 25.8 Å². The number of fused-ring (bicyclic) bond motifs is 2. The maximum absolute atomic E-state index is 12.3. The van der Waals surface area contributed by atoms with Crippen LogP contribution < -0.4 is 9.47 Å². The van der Waals surface area contributed by atoms with Gasteiger partial charge in [0.15, 0.2) is 11.5 Å². The molecule has 0 saturated carbocycles. The largest absolute Gasteiger partial charge is 0.489 e. The van der Waals surface area contributed by atoms with E-state index in [0.717, 1.165) is 11.3 Å². The lowest BCUT2D eigenvalue weighted by Gasteiger charge is -2.14. The quantitative estimate of drug-likeness (QED) is 0.578. The molecule has 0 bridgehead atoms. The van der Waals surface area contributed by atoms with Crippen molar-refractivity contribution in [2.75, 3.05) is 19.8 Å². The smallest absolute Gasteiger partial charge is 0.326 e. The van der Waals surface area contributed by atoms with Crippen LogP contribution in [-0.2, 0) is 16.1 Å². The second-order valence-electron chi connectivity index (χ2n) is 6.36. The highest BCUT2D eigenvalue weighted by Crippen LogP contribution is 2.38. The molecule has 8 heteroatoms. The van der Waals surface area contributed by atoms with Crippen molar-refractivity contribution in [3.8, 4) is 11.5 Å². The number of benzene rings is 2. The van der Waals surface area contributed by atoms with Crippen molar-refractivity contribution in [3.63, 3.8) is 0 Å². The Kier molecular flexibility index (Phi) is 4.92. The van der Waals surface area contributed by atoms with E-state index in [1.54, 1.807) is 36.4 Å². The molecule has 0 unspecified atom stereocenters. The number of esters is 1. The van der Waals surface area contributed by atoms with E-state index in [2.05, 4.69) is 0 Å². The molecule has 0 radical (unpaired) electrons. The first-order chi connectivity index (χ1) is 13.5. The van der Waals surface area contributed by atoms with Gasteiger partial charge in [0, 0.05) is 6.42 Å². The molecule has 2 amide bonds. The number of nitrogens with zero attached hydrogens (tertiary/aromatic N) is 1. The van der Waals surface area contributed by atoms with Crippen molar-refractivity contribution in [2.45, 2.75) is 13.0 Å². The summed E-state index contributed by atoms with van der Waals surface area (Å²) in [5.74, 6) is -0.734. The van der Waals surface area contributed by atoms with Gasteiger partial charge in [-0.1, -0.05) is 23.7 Å². The van der Waals surface area contributed by atoms with Crippen LogP contribution in [-0.4, -0.2) is 42.4 Å². The topological polar surface area (TPSA) is 82.1 Å². The van der Waals surface area contributed by atoms with Crippen LogP contribution in [0.2, 0.25) is 5.02 Å². The van der Waals surface area contributed by atoms with Crippen LogP contribution in [0.1, 0.15) is 32.7 Å². The van der Waals surface area contributed by atoms with Gasteiger partial charge in [-0.25, -0.2) is 0 Å². The lowest BCUT2D eigenvalue weighted by Crippen LogP contribution is -2.35. The molecule has 0 N–H and O–H groups in total. The van der Waals surface area contributed by atoms with E-state index in [1.807, 2.05) is 0 Å². The average Bonchev–Trinajstić information content (AvgIpc) is 2.86. The fourth-order valence-electron chi connectivity index (χ4n) is 3.09. The second kappa shape index (κ2) is 7.52. The first-order valence-corrected chi connectivity index (χ1v) is 9.11. The lowest BCUT2D eigenvalue weighted by molar-refractivity contribution is -0.145. The molecule has 0 aromatic heterocycles. The number of hydrogen-bond donors (Lipinski definition) is 0. The fourth-order valence-corrected chi connectivity index (χ4v) is 3.38. The van der Waals surface area contributed by atoms with Crippen LogP contribution in [0.4, 0.5) is 0 Å². The molecule has 28 heavy (non-hydrogen) atoms. The molecule has 2 aromatic rings. The molecule has 2 aromatic carbocycles. The monoisotopic (exact) mass is 401 g/mol. The van der Waals surface area contributed by atoms with Crippen LogP contribution >= 0.6 is 11.6 Å². The lowest BCUT2D eigenvalue weighted by atomic mass is 10.1. The summed E-state index contributed by atoms with van der Waals surface area (Å²) in [6.07, 6.45) is 0.746. The SMILES string of the molecule is O=C(CN1C(=O)c2ccccc2C1=O)OCc1cc(Cl)c2c(c1)OCCCO2. The van der Waals surface area contributed by atoms with Gasteiger partial charge in [-0.15, -0.1) is 0 Å². The summed E-state index contributed by atoms with van der Waals surface area (Å²) in [7, 11) is 0. The second-order valence-corrected chi connectivity index (χ2v) is 6.77. The predicted octanol–water partition coefficient (Wildman–Crippen LogP) is 2.84. The van der Waals surface area contributed by atoms with Gasteiger partial charge in [0.2, 0.25) is 0 Å². The van der Waals surface area contributed by atoms with Crippen LogP contribution in [0, 0.1) is 0 Å². The molecule has 144 valence electrons. The van der Waals surface area contributed by atoms with Gasteiger partial charge < -0.3 is 14.2 Å². The fraction of sp³-hybridized carbons (Fsp3) is 0.250. The van der Waals surface area contributed by atoms with Gasteiger partial charge in [0.25, 0.3) is 11.8 Å². The van der Waals surface area contributed by atoms with E-state index < -0.39 is 24.3 Å². The predicted molar refractivity (Wildman–Crippen MR) is 98.7 cm³/mol. The van der Waals surface area contributed by atoms with Gasteiger partial charge in [-0.05, 0) is 29.8 Å². The zero-order valence-electron chi connectivity index (χ0n) is 14.8. The third-order valence-corrected chi connectivity index (χ3v) is 4.71. The first-order valence-electron chi connectivity index (χ1n) is 8.73. The van der Waals surface area contributed by atoms with E-state index in [1.165, 1.54) is 0 Å². The van der Waals surface area contributed by atoms with Crippen LogP contribution in [0.15, 0.2) is 36.4 Å². The van der Waals surface area contributed by atoms with Gasteiger partial charge >= 0.3 is 5.97 Å². The number of carbonyl (C=O) groups is 3. The Morgan fingerprint density at radius 1 is 1.07 bits per heavy atom. The van der Waals surface area contributed by atoms with Crippen molar-refractivity contribution in [2.24, 2.45) is 0 Å². The first kappa shape index (κ1) is 18.3. The normalized spacial score (nSPS) is 15.2. The Hall–Kier alpha value is -3.06. The molecule has 0 fully saturated rings. The maximum atomic E-state index is 12.3. The van der Waals surface area contributed by atoms with Crippen molar-refractivity contribution in [3.05, 3.63) is 58.1 Å². The minimum absolute atomic E-state index is 0.0711. The van der Waals surface area contributed by atoms with Crippen LogP contribution in [0.25, 0.3) is 0 Å². The Morgan fingerprint density at radius 3 is 2.46 bits per heavy atom. The molecule has 2 aliphatic rings. The Balaban J connectivity index is 1.41. The molecule has 0 atom stereocenters. The Morgan fingerprint density at radius 2 is 1.75 bits per heavy atom. The van der Waals surface area contributed by atoms with E-state index in [0.29, 0.717) is 35.3 Å². The standard InChI is InChI=1S/C20H16ClNO6/c21-15-8-12(9-16-18(15)27-7-3-6-26-16)11-28-17(23)10-22-19(24)13-4-1-2-5-14(13)20(22)25/h1-2,4-5,8-9H,3,6-7,10-11H2. The third-order valence-electron chi connectivity index (χ3n) is 4.43. The van der Waals surface area contributed by atoms with Crippen molar-refractivity contribution in [1.82, 2.24) is 4.90 Å². The highest BCUT2D eigenvalue weighted by molar-refractivity contribution is 6.32. The summed E-state index contributed by atoms with van der Waals surface area (Å²) >= 11 is 6.22. The summed E-state index contributed by atoms with van der Waals surface area (Å²) in [5.41, 5.74) is 1.19. The highest BCUT2D eigenvalue weighted by Gasteiger charge is 2.36. The van der Waals surface area contributed by atoms with Gasteiger partial charge in [-0.2, -0.15) is 0 Å². The molecule has 0 spiro atoms. The number of halogens is 1. The molecule has 0 aliphatic carbocycles. The minimum Gasteiger partial charge on any atom is -0.489 e. The number of imide groups is 1. The summed E-state index contributed by atoms with van der Waals surface area (Å²) in [6.45, 7) is 0.497. The average molecular weight is 402 g/mol. The Labute approximate surface area is 165 Å². The van der Waals surface area contributed by atoms with Crippen molar-refractivity contribution < 1.29 is 28.6 Å². The third kappa shape index (κ3) is 3.41. The van der Waals surface area contributed by atoms with Gasteiger partial charge in [0.1, 0.15) is 13.2 Å². The number of ether oxygens (including phenoxy) is 3. The maximum Gasteiger partial charge on any atom is 0.326 e. The van der Waals surface area contributed by atoms with Gasteiger partial charge in [-0.3, -0.25) is 19.3 Å². The summed E-state index contributed by atoms with van der Waals surface area (Å²) < 4.78 is 16.4. The van der Waals surface area contributed by atoms with E-state index >= 15 is 0 Å². The summed E-state index contributed by atoms with van der Waals surface area (Å²) in [5, 5.41) is 0.366. The highest BCUT2D eigenvalue weighted by atomic mass is 35.5. The molecule has 2 aliphatic heterocycles. The zero-order valence-corrected chi connectivity index (χ0v) is 15.5. The summed E-state index contributed by atoms with van der Waals surface area (Å²) in [6, 6.07) is 9.77. The summed E-state index contributed by atoms with van der Waals surface area (Å²) in [4.78, 5) is 37.7. The molecular formula is C20H16ClNO6. The van der Waals surface area contributed by atoms with Crippen LogP contribution in [0.5, 0.6) is 11.5 Å². The number of hydrogen-bond acceptors (Lipinski definition) is 6. The van der Waals surface area contributed by atoms with Crippen molar-refractivity contribution in [1.29, 1.82) is 0 Å². The number of rotatable bonds is 4. The molecular weight excluding hydrogens is 386 g/mol. The minimum atomic E-state index is -0.697. The Bertz CT molecular complexity index is 938. The number of carbonyl (C=O) groups excluding carboxylic acids is 3. The van der Waals surface area contributed by atoms with Gasteiger partial charge in [0.05, 0.1) is 29.4 Å². The number of amides is 2. The van der Waals surface area contributed by atoms with Crippen LogP contribution in [0.3, 0.4) is 0 Å². The molecule has 0 saturated heterocycles.